The molecule has 2 amide bonds. The van der Waals surface area contributed by atoms with Crippen LogP contribution < -0.4 is 4.90 Å². The van der Waals surface area contributed by atoms with Gasteiger partial charge in [-0.2, -0.15) is 0 Å². The van der Waals surface area contributed by atoms with Gasteiger partial charge in [0, 0.05) is 51.5 Å². The number of rotatable bonds is 4. The largest absolute Gasteiger partial charge is 0.459 e. The summed E-state index contributed by atoms with van der Waals surface area (Å²) in [6, 6.07) is 5.27. The molecule has 166 valence electrons. The molecule has 0 radical (unpaired) electrons. The Morgan fingerprint density at radius 2 is 1.56 bits per heavy atom. The van der Waals surface area contributed by atoms with Gasteiger partial charge in [-0.05, 0) is 31.4 Å². The van der Waals surface area contributed by atoms with Crippen molar-refractivity contribution in [1.82, 2.24) is 29.3 Å². The molecule has 5 rings (SSSR count). The van der Waals surface area contributed by atoms with Crippen molar-refractivity contribution in [2.24, 2.45) is 0 Å². The molecule has 10 nitrogen and oxygen atoms in total. The fourth-order valence-electron chi connectivity index (χ4n) is 4.16. The first kappa shape index (κ1) is 20.2. The summed E-state index contributed by atoms with van der Waals surface area (Å²) in [4.78, 5) is 44.1. The van der Waals surface area contributed by atoms with Gasteiger partial charge in [-0.15, -0.1) is 0 Å². The smallest absolute Gasteiger partial charge is 0.289 e. The molecular formula is C22H25N7O3. The highest BCUT2D eigenvalue weighted by Crippen LogP contribution is 2.19. The lowest BCUT2D eigenvalue weighted by molar-refractivity contribution is 0.0515. The lowest BCUT2D eigenvalue weighted by atomic mass is 10.1. The number of anilines is 1. The minimum atomic E-state index is -0.154. The predicted octanol–water partition coefficient (Wildman–Crippen LogP) is 1.84. The van der Waals surface area contributed by atoms with Crippen LogP contribution >= 0.6 is 0 Å². The number of carbonyl (C=O) groups excluding carboxylic acids is 2. The third-order valence-electron chi connectivity index (χ3n) is 5.97. The molecule has 0 N–H and O–H groups in total. The first-order chi connectivity index (χ1) is 15.7. The van der Waals surface area contributed by atoms with Crippen LogP contribution in [0.25, 0.3) is 5.82 Å². The molecule has 0 atom stereocenters. The van der Waals surface area contributed by atoms with Crippen molar-refractivity contribution in [3.05, 3.63) is 54.8 Å². The van der Waals surface area contributed by atoms with Gasteiger partial charge < -0.3 is 19.1 Å². The minimum Gasteiger partial charge on any atom is -0.459 e. The number of amides is 2. The van der Waals surface area contributed by atoms with E-state index in [1.807, 2.05) is 6.07 Å². The highest BCUT2D eigenvalue weighted by atomic mass is 16.3. The van der Waals surface area contributed by atoms with Crippen LogP contribution in [-0.2, 0) is 0 Å². The second-order valence-electron chi connectivity index (χ2n) is 8.01. The lowest BCUT2D eigenvalue weighted by Crippen LogP contribution is -2.50. The van der Waals surface area contributed by atoms with E-state index in [-0.39, 0.29) is 11.8 Å². The average molecular weight is 435 g/mol. The van der Waals surface area contributed by atoms with Gasteiger partial charge in [0.15, 0.2) is 5.76 Å². The van der Waals surface area contributed by atoms with E-state index < -0.39 is 0 Å². The monoisotopic (exact) mass is 435 g/mol. The number of aromatic nitrogens is 4. The Morgan fingerprint density at radius 1 is 0.844 bits per heavy atom. The van der Waals surface area contributed by atoms with E-state index >= 15 is 0 Å². The molecule has 0 saturated carbocycles. The molecular weight excluding hydrogens is 410 g/mol. The number of hydrogen-bond donors (Lipinski definition) is 0. The van der Waals surface area contributed by atoms with Gasteiger partial charge in [0.2, 0.25) is 0 Å². The summed E-state index contributed by atoms with van der Waals surface area (Å²) < 4.78 is 6.94. The third-order valence-corrected chi connectivity index (χ3v) is 5.97. The van der Waals surface area contributed by atoms with Gasteiger partial charge in [-0.25, -0.2) is 15.0 Å². The van der Waals surface area contributed by atoms with Crippen molar-refractivity contribution in [2.45, 2.75) is 19.3 Å². The van der Waals surface area contributed by atoms with Crippen LogP contribution in [-0.4, -0.2) is 80.4 Å². The molecule has 2 aliphatic heterocycles. The van der Waals surface area contributed by atoms with Crippen LogP contribution in [0.2, 0.25) is 0 Å². The van der Waals surface area contributed by atoms with E-state index in [2.05, 4.69) is 19.9 Å². The molecule has 10 heteroatoms. The highest BCUT2D eigenvalue weighted by molar-refractivity contribution is 5.93. The maximum Gasteiger partial charge on any atom is 0.289 e. The van der Waals surface area contributed by atoms with Crippen molar-refractivity contribution in [3.8, 4) is 5.82 Å². The van der Waals surface area contributed by atoms with Crippen LogP contribution in [0.1, 0.15) is 40.3 Å². The zero-order chi connectivity index (χ0) is 21.9. The molecule has 0 aliphatic carbocycles. The van der Waals surface area contributed by atoms with Crippen LogP contribution in [0, 0.1) is 0 Å². The Kier molecular flexibility index (Phi) is 5.57. The van der Waals surface area contributed by atoms with E-state index in [1.165, 1.54) is 25.5 Å². The fourth-order valence-corrected chi connectivity index (χ4v) is 4.16. The van der Waals surface area contributed by atoms with Crippen molar-refractivity contribution in [1.29, 1.82) is 0 Å². The molecule has 3 aromatic heterocycles. The number of hydrogen-bond acceptors (Lipinski definition) is 7. The SMILES string of the molecule is O=C(c1cn(-c2cc(N3CCCCC3)ncn2)cn1)N1CCN(C(=O)c2ccco2)CC1. The van der Waals surface area contributed by atoms with Gasteiger partial charge >= 0.3 is 0 Å². The predicted molar refractivity (Wildman–Crippen MR) is 116 cm³/mol. The Morgan fingerprint density at radius 3 is 2.28 bits per heavy atom. The second-order valence-corrected chi connectivity index (χ2v) is 8.01. The lowest BCUT2D eigenvalue weighted by Gasteiger charge is -2.33. The van der Waals surface area contributed by atoms with Crippen molar-refractivity contribution in [2.75, 3.05) is 44.2 Å². The van der Waals surface area contributed by atoms with Crippen LogP contribution in [0.3, 0.4) is 0 Å². The standard InChI is InChI=1S/C22H25N7O3/c30-21(27-8-10-28(11-9-27)22(31)18-5-4-12-32-18)17-14-29(16-25-17)20-13-19(23-15-24-20)26-6-2-1-3-7-26/h4-5,12-16H,1-3,6-11H2. The van der Waals surface area contributed by atoms with E-state index in [0.717, 1.165) is 18.9 Å². The van der Waals surface area contributed by atoms with E-state index in [1.54, 1.807) is 45.4 Å². The Bertz CT molecular complexity index is 1080. The molecule has 2 fully saturated rings. The number of imidazole rings is 1. The minimum absolute atomic E-state index is 0.153. The zero-order valence-electron chi connectivity index (χ0n) is 17.8. The molecule has 2 aliphatic rings. The van der Waals surface area contributed by atoms with Crippen LogP contribution in [0.5, 0.6) is 0 Å². The summed E-state index contributed by atoms with van der Waals surface area (Å²) in [5.41, 5.74) is 0.356. The molecule has 0 aromatic carbocycles. The number of nitrogens with zero attached hydrogens (tertiary/aromatic N) is 7. The molecule has 5 heterocycles. The van der Waals surface area contributed by atoms with E-state index in [9.17, 15) is 9.59 Å². The topological polar surface area (TPSA) is 101 Å². The normalized spacial score (nSPS) is 16.9. The summed E-state index contributed by atoms with van der Waals surface area (Å²) >= 11 is 0. The maximum atomic E-state index is 13.0. The first-order valence-electron chi connectivity index (χ1n) is 10.9. The van der Waals surface area contributed by atoms with Gasteiger partial charge in [0.25, 0.3) is 11.8 Å². The quantitative estimate of drug-likeness (QED) is 0.616. The summed E-state index contributed by atoms with van der Waals surface area (Å²) in [5, 5.41) is 0. The summed E-state index contributed by atoms with van der Waals surface area (Å²) in [6.45, 7) is 3.81. The number of piperidine rings is 1. The summed E-state index contributed by atoms with van der Waals surface area (Å²) in [5.74, 6) is 1.59. The molecule has 32 heavy (non-hydrogen) atoms. The number of furan rings is 1. The Balaban J connectivity index is 1.23. The zero-order valence-corrected chi connectivity index (χ0v) is 17.8. The van der Waals surface area contributed by atoms with Crippen LogP contribution in [0.15, 0.2) is 47.7 Å². The summed E-state index contributed by atoms with van der Waals surface area (Å²) in [7, 11) is 0. The molecule has 3 aromatic rings. The number of carbonyl (C=O) groups is 2. The molecule has 0 bridgehead atoms. The van der Waals surface area contributed by atoms with Crippen molar-refractivity contribution >= 4 is 17.6 Å². The fraction of sp³-hybridized carbons (Fsp3) is 0.409. The highest BCUT2D eigenvalue weighted by Gasteiger charge is 2.27. The first-order valence-corrected chi connectivity index (χ1v) is 10.9. The molecule has 0 unspecified atom stereocenters. The van der Waals surface area contributed by atoms with Crippen molar-refractivity contribution < 1.29 is 14.0 Å². The molecule has 0 spiro atoms. The maximum absolute atomic E-state index is 13.0. The van der Waals surface area contributed by atoms with Crippen LogP contribution in [0.4, 0.5) is 5.82 Å². The Labute approximate surface area is 185 Å². The second kappa shape index (κ2) is 8.81. The average Bonchev–Trinajstić information content (AvgIpc) is 3.57. The van der Waals surface area contributed by atoms with Gasteiger partial charge in [0.1, 0.15) is 30.0 Å². The van der Waals surface area contributed by atoms with Gasteiger partial charge in [0.05, 0.1) is 6.26 Å². The van der Waals surface area contributed by atoms with E-state index in [0.29, 0.717) is 43.5 Å². The van der Waals surface area contributed by atoms with Gasteiger partial charge in [-0.3, -0.25) is 14.2 Å². The summed E-state index contributed by atoms with van der Waals surface area (Å²) in [6.07, 6.45) is 9.93. The Hall–Kier alpha value is -3.69. The van der Waals surface area contributed by atoms with E-state index in [4.69, 9.17) is 4.42 Å². The third kappa shape index (κ3) is 4.08. The van der Waals surface area contributed by atoms with Crippen molar-refractivity contribution in [3.63, 3.8) is 0 Å². The molecule has 2 saturated heterocycles. The van der Waals surface area contributed by atoms with Gasteiger partial charge in [-0.1, -0.05) is 0 Å². The number of piperazine rings is 1.